The van der Waals surface area contributed by atoms with Crippen molar-refractivity contribution in [2.45, 2.75) is 13.0 Å². The van der Waals surface area contributed by atoms with Crippen molar-refractivity contribution in [3.63, 3.8) is 0 Å². The number of ether oxygens (including phenoxy) is 1. The topological polar surface area (TPSA) is 79.9 Å². The van der Waals surface area contributed by atoms with E-state index in [0.717, 1.165) is 22.4 Å². The number of carbonyl (C=O) groups excluding carboxylic acids is 1. The van der Waals surface area contributed by atoms with E-state index in [4.69, 9.17) is 4.74 Å². The van der Waals surface area contributed by atoms with Crippen LogP contribution in [0.4, 0.5) is 0 Å². The molecule has 0 aliphatic rings. The lowest BCUT2D eigenvalue weighted by molar-refractivity contribution is 0.0935. The van der Waals surface area contributed by atoms with Gasteiger partial charge in [0.15, 0.2) is 5.69 Å². The molecule has 3 rings (SSSR count). The molecule has 0 saturated heterocycles. The highest BCUT2D eigenvalue weighted by Gasteiger charge is 2.14. The Morgan fingerprint density at radius 1 is 1.17 bits per heavy atom. The lowest BCUT2D eigenvalue weighted by Gasteiger charge is -2.14. The van der Waals surface area contributed by atoms with Gasteiger partial charge in [0, 0.05) is 5.56 Å². The van der Waals surface area contributed by atoms with Gasteiger partial charge in [0.25, 0.3) is 5.91 Å². The number of rotatable bonds is 5. The smallest absolute Gasteiger partial charge is 0.273 e. The number of carbonyl (C=O) groups is 1. The zero-order valence-electron chi connectivity index (χ0n) is 13.5. The lowest BCUT2D eigenvalue weighted by atomic mass is 10.0. The molecule has 0 spiro atoms. The SMILES string of the molecule is COc1ccccc1-c1ccc([C@H](C)NC(=O)c2cn[nH]n2)cc1. The van der Waals surface area contributed by atoms with E-state index in [9.17, 15) is 4.79 Å². The van der Waals surface area contributed by atoms with E-state index in [-0.39, 0.29) is 17.6 Å². The van der Waals surface area contributed by atoms with E-state index >= 15 is 0 Å². The average Bonchev–Trinajstić information content (AvgIpc) is 3.16. The maximum atomic E-state index is 12.0. The zero-order valence-corrected chi connectivity index (χ0v) is 13.5. The number of hydrogen-bond acceptors (Lipinski definition) is 4. The molecule has 6 nitrogen and oxygen atoms in total. The highest BCUT2D eigenvalue weighted by molar-refractivity contribution is 5.92. The molecule has 1 atom stereocenters. The Morgan fingerprint density at radius 3 is 2.58 bits per heavy atom. The summed E-state index contributed by atoms with van der Waals surface area (Å²) in [4.78, 5) is 12.0. The molecule has 3 aromatic rings. The van der Waals surface area contributed by atoms with Crippen molar-refractivity contribution < 1.29 is 9.53 Å². The minimum atomic E-state index is -0.259. The molecule has 1 amide bonds. The quantitative estimate of drug-likeness (QED) is 0.757. The molecule has 0 fully saturated rings. The zero-order chi connectivity index (χ0) is 16.9. The third-order valence-corrected chi connectivity index (χ3v) is 3.82. The van der Waals surface area contributed by atoms with Gasteiger partial charge in [-0.15, -0.1) is 0 Å². The molecule has 0 aliphatic heterocycles. The fourth-order valence-electron chi connectivity index (χ4n) is 2.50. The number of benzene rings is 2. The van der Waals surface area contributed by atoms with E-state index in [1.54, 1.807) is 7.11 Å². The first-order valence-corrected chi connectivity index (χ1v) is 7.59. The average molecular weight is 322 g/mol. The second-order valence-electron chi connectivity index (χ2n) is 5.37. The molecular formula is C18H18N4O2. The number of aromatic nitrogens is 3. The molecule has 1 heterocycles. The lowest BCUT2D eigenvalue weighted by Crippen LogP contribution is -2.26. The van der Waals surface area contributed by atoms with Gasteiger partial charge < -0.3 is 10.1 Å². The van der Waals surface area contributed by atoms with E-state index in [0.29, 0.717) is 0 Å². The fraction of sp³-hybridized carbons (Fsp3) is 0.167. The van der Waals surface area contributed by atoms with Crippen LogP contribution in [0.5, 0.6) is 5.75 Å². The minimum Gasteiger partial charge on any atom is -0.496 e. The van der Waals surface area contributed by atoms with Crippen molar-refractivity contribution in [1.29, 1.82) is 0 Å². The number of aromatic amines is 1. The van der Waals surface area contributed by atoms with Crippen LogP contribution in [0, 0.1) is 0 Å². The standard InChI is InChI=1S/C18H18N4O2/c1-12(20-18(23)16-11-19-22-21-16)13-7-9-14(10-8-13)15-5-3-4-6-17(15)24-2/h3-12H,1-2H3,(H,20,23)(H,19,21,22)/t12-/m0/s1. The maximum Gasteiger partial charge on any atom is 0.273 e. The molecule has 0 saturated carbocycles. The van der Waals surface area contributed by atoms with E-state index in [1.807, 2.05) is 55.5 Å². The molecule has 0 bridgehead atoms. The Balaban J connectivity index is 1.75. The first-order valence-electron chi connectivity index (χ1n) is 7.59. The summed E-state index contributed by atoms with van der Waals surface area (Å²) in [5.74, 6) is 0.572. The number of methoxy groups -OCH3 is 1. The summed E-state index contributed by atoms with van der Waals surface area (Å²) in [5, 5.41) is 12.7. The van der Waals surface area contributed by atoms with Gasteiger partial charge >= 0.3 is 0 Å². The second-order valence-corrected chi connectivity index (χ2v) is 5.37. The first-order chi connectivity index (χ1) is 11.7. The third kappa shape index (κ3) is 3.27. The van der Waals surface area contributed by atoms with Crippen molar-refractivity contribution in [2.24, 2.45) is 0 Å². The fourth-order valence-corrected chi connectivity index (χ4v) is 2.50. The Bertz CT molecular complexity index is 813. The molecule has 2 aromatic carbocycles. The molecule has 0 unspecified atom stereocenters. The molecule has 0 aliphatic carbocycles. The molecule has 6 heteroatoms. The van der Waals surface area contributed by atoms with Crippen LogP contribution >= 0.6 is 0 Å². The summed E-state index contributed by atoms with van der Waals surface area (Å²) in [6.45, 7) is 1.93. The van der Waals surface area contributed by atoms with Crippen molar-refractivity contribution in [2.75, 3.05) is 7.11 Å². The van der Waals surface area contributed by atoms with Gasteiger partial charge in [0.05, 0.1) is 19.3 Å². The number of nitrogens with zero attached hydrogens (tertiary/aromatic N) is 2. The van der Waals surface area contributed by atoms with Gasteiger partial charge in [-0.1, -0.05) is 42.5 Å². The number of hydrogen-bond donors (Lipinski definition) is 2. The van der Waals surface area contributed by atoms with Crippen LogP contribution in [0.2, 0.25) is 0 Å². The van der Waals surface area contributed by atoms with Crippen molar-refractivity contribution in [3.05, 3.63) is 66.0 Å². The minimum absolute atomic E-state index is 0.138. The van der Waals surface area contributed by atoms with E-state index in [1.165, 1.54) is 6.20 Å². The number of nitrogens with one attached hydrogen (secondary N) is 2. The van der Waals surface area contributed by atoms with Crippen LogP contribution in [0.1, 0.15) is 29.0 Å². The Morgan fingerprint density at radius 2 is 1.92 bits per heavy atom. The van der Waals surface area contributed by atoms with E-state index < -0.39 is 0 Å². The number of amides is 1. The molecule has 122 valence electrons. The van der Waals surface area contributed by atoms with Crippen LogP contribution in [0.15, 0.2) is 54.7 Å². The summed E-state index contributed by atoms with van der Waals surface area (Å²) >= 11 is 0. The van der Waals surface area contributed by atoms with Crippen molar-refractivity contribution in [3.8, 4) is 16.9 Å². The van der Waals surface area contributed by atoms with Gasteiger partial charge in [0.1, 0.15) is 5.75 Å². The predicted molar refractivity (Wildman–Crippen MR) is 90.7 cm³/mol. The third-order valence-electron chi connectivity index (χ3n) is 3.82. The van der Waals surface area contributed by atoms with Gasteiger partial charge in [-0.3, -0.25) is 4.79 Å². The van der Waals surface area contributed by atoms with Crippen LogP contribution in [-0.4, -0.2) is 28.4 Å². The van der Waals surface area contributed by atoms with Crippen LogP contribution < -0.4 is 10.1 Å². The highest BCUT2D eigenvalue weighted by Crippen LogP contribution is 2.30. The van der Waals surface area contributed by atoms with Gasteiger partial charge in [-0.05, 0) is 24.1 Å². The van der Waals surface area contributed by atoms with Crippen LogP contribution in [0.3, 0.4) is 0 Å². The Hall–Kier alpha value is -3.15. The second kappa shape index (κ2) is 6.95. The normalized spacial score (nSPS) is 11.8. The number of H-pyrrole nitrogens is 1. The molecule has 24 heavy (non-hydrogen) atoms. The predicted octanol–water partition coefficient (Wildman–Crippen LogP) is 2.97. The molecule has 0 radical (unpaired) electrons. The summed E-state index contributed by atoms with van der Waals surface area (Å²) in [6.07, 6.45) is 1.40. The monoisotopic (exact) mass is 322 g/mol. The number of para-hydroxylation sites is 1. The summed E-state index contributed by atoms with van der Waals surface area (Å²) in [7, 11) is 1.66. The largest absolute Gasteiger partial charge is 0.496 e. The van der Waals surface area contributed by atoms with E-state index in [2.05, 4.69) is 20.7 Å². The van der Waals surface area contributed by atoms with Crippen LogP contribution in [0.25, 0.3) is 11.1 Å². The summed E-state index contributed by atoms with van der Waals surface area (Å²) in [5.41, 5.74) is 3.37. The Kier molecular flexibility index (Phi) is 4.56. The van der Waals surface area contributed by atoms with Gasteiger partial charge in [-0.25, -0.2) is 0 Å². The van der Waals surface area contributed by atoms with Crippen molar-refractivity contribution in [1.82, 2.24) is 20.7 Å². The van der Waals surface area contributed by atoms with Crippen LogP contribution in [-0.2, 0) is 0 Å². The highest BCUT2D eigenvalue weighted by atomic mass is 16.5. The van der Waals surface area contributed by atoms with Crippen molar-refractivity contribution >= 4 is 5.91 Å². The maximum absolute atomic E-state index is 12.0. The summed E-state index contributed by atoms with van der Waals surface area (Å²) in [6, 6.07) is 15.8. The summed E-state index contributed by atoms with van der Waals surface area (Å²) < 4.78 is 5.40. The molecule has 2 N–H and O–H groups in total. The molecular weight excluding hydrogens is 304 g/mol. The Labute approximate surface area is 139 Å². The first kappa shape index (κ1) is 15.7. The molecule has 1 aromatic heterocycles. The van der Waals surface area contributed by atoms with Gasteiger partial charge in [-0.2, -0.15) is 15.4 Å². The van der Waals surface area contributed by atoms with Gasteiger partial charge in [0.2, 0.25) is 0 Å².